The van der Waals surface area contributed by atoms with Gasteiger partial charge < -0.3 is 19.6 Å². The predicted octanol–water partition coefficient (Wildman–Crippen LogP) is 4.66. The molecule has 5 nitrogen and oxygen atoms in total. The molecule has 0 saturated carbocycles. The molecule has 0 bridgehead atoms. The Morgan fingerprint density at radius 3 is 2.26 bits per heavy atom. The van der Waals surface area contributed by atoms with E-state index in [1.54, 1.807) is 17.0 Å². The molecule has 0 aromatic heterocycles. The minimum Gasteiger partial charge on any atom is -0.378 e. The predicted molar refractivity (Wildman–Crippen MR) is 139 cm³/mol. The zero-order chi connectivity index (χ0) is 23.9. The second kappa shape index (κ2) is 11.7. The molecule has 4 rings (SSSR count). The summed E-state index contributed by atoms with van der Waals surface area (Å²) in [4.78, 5) is 21.5. The van der Waals surface area contributed by atoms with Gasteiger partial charge in [0.25, 0.3) is 5.91 Å². The van der Waals surface area contributed by atoms with E-state index in [9.17, 15) is 9.18 Å². The lowest BCUT2D eigenvalue weighted by Gasteiger charge is -2.36. The molecule has 6 heteroatoms. The molecule has 0 spiro atoms. The van der Waals surface area contributed by atoms with E-state index < -0.39 is 5.82 Å². The van der Waals surface area contributed by atoms with Crippen LogP contribution in [0.5, 0.6) is 0 Å². The van der Waals surface area contributed by atoms with Gasteiger partial charge in [0.1, 0.15) is 5.82 Å². The number of piperidine rings is 1. The molecule has 34 heavy (non-hydrogen) atoms. The number of rotatable bonds is 8. The van der Waals surface area contributed by atoms with Gasteiger partial charge in [-0.05, 0) is 87.6 Å². The van der Waals surface area contributed by atoms with Crippen LogP contribution >= 0.6 is 0 Å². The van der Waals surface area contributed by atoms with Crippen LogP contribution in [0.25, 0.3) is 0 Å². The third-order valence-electron chi connectivity index (χ3n) is 7.20. The summed E-state index contributed by atoms with van der Waals surface area (Å²) in [5.74, 6) is -0.676. The average molecular weight is 467 g/mol. The maximum Gasteiger partial charge on any atom is 0.257 e. The number of nitrogens with zero attached hydrogens (tertiary/aromatic N) is 4. The zero-order valence-corrected chi connectivity index (χ0v) is 20.8. The minimum atomic E-state index is -0.454. The number of carbonyl (C=O) groups is 1. The smallest absolute Gasteiger partial charge is 0.257 e. The van der Waals surface area contributed by atoms with Crippen molar-refractivity contribution in [3.63, 3.8) is 0 Å². The second-order valence-electron chi connectivity index (χ2n) is 9.86. The molecule has 0 radical (unpaired) electrons. The third kappa shape index (κ3) is 6.29. The van der Waals surface area contributed by atoms with E-state index in [0.717, 1.165) is 25.2 Å². The van der Waals surface area contributed by atoms with Gasteiger partial charge in [-0.15, -0.1) is 0 Å². The summed E-state index contributed by atoms with van der Waals surface area (Å²) in [6.45, 7) is 6.53. The van der Waals surface area contributed by atoms with Crippen LogP contribution in [0.2, 0.25) is 0 Å². The van der Waals surface area contributed by atoms with Gasteiger partial charge >= 0.3 is 0 Å². The molecular weight excluding hydrogens is 427 g/mol. The van der Waals surface area contributed by atoms with Gasteiger partial charge in [-0.1, -0.05) is 18.6 Å². The van der Waals surface area contributed by atoms with Crippen molar-refractivity contribution in [3.05, 3.63) is 59.4 Å². The van der Waals surface area contributed by atoms with E-state index in [1.807, 2.05) is 19.0 Å². The Balaban J connectivity index is 1.24. The molecule has 2 aromatic rings. The van der Waals surface area contributed by atoms with Crippen LogP contribution in [0, 0.1) is 5.82 Å². The highest BCUT2D eigenvalue weighted by Crippen LogP contribution is 2.22. The summed E-state index contributed by atoms with van der Waals surface area (Å²) in [7, 11) is 3.78. The van der Waals surface area contributed by atoms with Gasteiger partial charge in [0.2, 0.25) is 0 Å². The Kier molecular flexibility index (Phi) is 8.44. The highest BCUT2D eigenvalue weighted by molar-refractivity contribution is 5.95. The first-order valence-electron chi connectivity index (χ1n) is 12.8. The minimum absolute atomic E-state index is 0.157. The molecule has 2 heterocycles. The molecule has 1 amide bonds. The first-order valence-corrected chi connectivity index (χ1v) is 12.8. The maximum atomic E-state index is 14.3. The number of likely N-dealkylation sites (tertiary alicyclic amines) is 1. The zero-order valence-electron chi connectivity index (χ0n) is 20.8. The van der Waals surface area contributed by atoms with Gasteiger partial charge in [0.05, 0.1) is 5.56 Å². The monoisotopic (exact) mass is 466 g/mol. The lowest BCUT2D eigenvalue weighted by Crippen LogP contribution is -2.49. The van der Waals surface area contributed by atoms with E-state index in [-0.39, 0.29) is 11.5 Å². The normalized spacial score (nSPS) is 17.1. The molecule has 2 aliphatic rings. The van der Waals surface area contributed by atoms with Crippen LogP contribution in [0.15, 0.2) is 42.5 Å². The second-order valence-corrected chi connectivity index (χ2v) is 9.86. The van der Waals surface area contributed by atoms with Crippen LogP contribution in [0.1, 0.15) is 48.0 Å². The number of benzene rings is 2. The molecule has 2 aromatic carbocycles. The van der Waals surface area contributed by atoms with Crippen molar-refractivity contribution in [1.29, 1.82) is 0 Å². The van der Waals surface area contributed by atoms with Gasteiger partial charge in [-0.2, -0.15) is 0 Å². The number of halogens is 1. The Morgan fingerprint density at radius 2 is 1.59 bits per heavy atom. The largest absolute Gasteiger partial charge is 0.378 e. The number of hydrogen-bond donors (Lipinski definition) is 0. The fraction of sp³-hybridized carbons (Fsp3) is 0.536. The summed E-state index contributed by atoms with van der Waals surface area (Å²) in [6.07, 6.45) is 7.78. The Bertz CT molecular complexity index is 932. The van der Waals surface area contributed by atoms with Crippen LogP contribution in [0.4, 0.5) is 15.8 Å². The van der Waals surface area contributed by atoms with Crippen LogP contribution in [0.3, 0.4) is 0 Å². The number of anilines is 2. The number of amides is 1. The first-order chi connectivity index (χ1) is 16.5. The third-order valence-corrected chi connectivity index (χ3v) is 7.20. The summed E-state index contributed by atoms with van der Waals surface area (Å²) >= 11 is 0. The Labute approximate surface area is 204 Å². The molecular formula is C28H39FN4O. The van der Waals surface area contributed by atoms with E-state index in [4.69, 9.17) is 0 Å². The Morgan fingerprint density at radius 1 is 0.882 bits per heavy atom. The van der Waals surface area contributed by atoms with E-state index in [1.165, 1.54) is 69.1 Å². The molecule has 184 valence electrons. The molecule has 0 atom stereocenters. The van der Waals surface area contributed by atoms with E-state index >= 15 is 0 Å². The molecule has 2 saturated heterocycles. The van der Waals surface area contributed by atoms with Crippen LogP contribution < -0.4 is 9.80 Å². The van der Waals surface area contributed by atoms with Crippen molar-refractivity contribution in [2.75, 3.05) is 69.7 Å². The number of piperazine rings is 1. The fourth-order valence-electron chi connectivity index (χ4n) is 5.01. The summed E-state index contributed by atoms with van der Waals surface area (Å²) in [6, 6.07) is 13.6. The highest BCUT2D eigenvalue weighted by Gasteiger charge is 2.24. The average Bonchev–Trinajstić information content (AvgIpc) is 2.87. The van der Waals surface area contributed by atoms with E-state index in [2.05, 4.69) is 34.1 Å². The van der Waals surface area contributed by atoms with Gasteiger partial charge in [-0.25, -0.2) is 4.39 Å². The molecule has 0 N–H and O–H groups in total. The van der Waals surface area contributed by atoms with Crippen molar-refractivity contribution >= 4 is 17.3 Å². The topological polar surface area (TPSA) is 30.0 Å². The number of unbranched alkanes of at least 4 members (excludes halogenated alkanes) is 1. The first kappa shape index (κ1) is 24.5. The maximum absolute atomic E-state index is 14.3. The fourth-order valence-corrected chi connectivity index (χ4v) is 5.01. The standard InChI is InChI=1S/C28H39FN4O/c1-30(2)25-13-14-27(29)26(22-25)28(34)33-20-18-32(19-21-33)24-11-9-23(10-12-24)8-4-7-17-31-15-5-3-6-16-31/h9-14,22H,3-8,15-21H2,1-2H3. The summed E-state index contributed by atoms with van der Waals surface area (Å²) in [5.41, 5.74) is 3.58. The number of hydrogen-bond acceptors (Lipinski definition) is 4. The van der Waals surface area contributed by atoms with Crippen molar-refractivity contribution in [3.8, 4) is 0 Å². The van der Waals surface area contributed by atoms with Crippen LogP contribution in [-0.2, 0) is 6.42 Å². The van der Waals surface area contributed by atoms with Gasteiger partial charge in [-0.3, -0.25) is 4.79 Å². The number of carbonyl (C=O) groups excluding carboxylic acids is 1. The van der Waals surface area contributed by atoms with Gasteiger partial charge in [0, 0.05) is 51.6 Å². The Hall–Kier alpha value is -2.60. The van der Waals surface area contributed by atoms with Crippen LogP contribution in [-0.4, -0.2) is 75.6 Å². The number of aryl methyl sites for hydroxylation is 1. The SMILES string of the molecule is CN(C)c1ccc(F)c(C(=O)N2CCN(c3ccc(CCCCN4CCCCC4)cc3)CC2)c1. The van der Waals surface area contributed by atoms with Crippen molar-refractivity contribution in [2.45, 2.75) is 38.5 Å². The van der Waals surface area contributed by atoms with Crippen molar-refractivity contribution in [1.82, 2.24) is 9.80 Å². The molecule has 0 aliphatic carbocycles. The lowest BCUT2D eigenvalue weighted by atomic mass is 10.1. The van der Waals surface area contributed by atoms with Crippen molar-refractivity contribution in [2.24, 2.45) is 0 Å². The summed E-state index contributed by atoms with van der Waals surface area (Å²) < 4.78 is 14.3. The van der Waals surface area contributed by atoms with E-state index in [0.29, 0.717) is 13.1 Å². The molecule has 2 aliphatic heterocycles. The van der Waals surface area contributed by atoms with Gasteiger partial charge in [0.15, 0.2) is 0 Å². The molecule has 2 fully saturated rings. The summed E-state index contributed by atoms with van der Waals surface area (Å²) in [5, 5.41) is 0. The highest BCUT2D eigenvalue weighted by atomic mass is 19.1. The molecule has 0 unspecified atom stereocenters. The lowest BCUT2D eigenvalue weighted by molar-refractivity contribution is 0.0742. The van der Waals surface area contributed by atoms with Crippen molar-refractivity contribution < 1.29 is 9.18 Å². The quantitative estimate of drug-likeness (QED) is 0.529.